The maximum absolute atomic E-state index is 13.1. The molecule has 0 spiro atoms. The van der Waals surface area contributed by atoms with Gasteiger partial charge in [0.15, 0.2) is 11.5 Å². The monoisotopic (exact) mass is 492 g/mol. The normalized spacial score (nSPS) is 18.9. The number of hydrogen-bond acceptors (Lipinski definition) is 6. The molecule has 1 N–H and O–H groups in total. The van der Waals surface area contributed by atoms with Crippen molar-refractivity contribution in [2.24, 2.45) is 0 Å². The second kappa shape index (κ2) is 8.12. The largest absolute Gasteiger partial charge is 0.507 e. The van der Waals surface area contributed by atoms with Crippen molar-refractivity contribution in [3.8, 4) is 11.5 Å². The van der Waals surface area contributed by atoms with Gasteiger partial charge in [0.2, 0.25) is 6.79 Å². The number of fused-ring (bicyclic) bond motifs is 1. The Morgan fingerprint density at radius 2 is 1.88 bits per heavy atom. The molecule has 0 bridgehead atoms. The zero-order chi connectivity index (χ0) is 22.2. The number of halogens is 1. The van der Waals surface area contributed by atoms with Crippen molar-refractivity contribution < 1.29 is 24.2 Å². The van der Waals surface area contributed by atoms with E-state index in [4.69, 9.17) is 9.47 Å². The van der Waals surface area contributed by atoms with Gasteiger partial charge in [0.25, 0.3) is 11.7 Å². The first-order valence-corrected chi connectivity index (χ1v) is 10.6. The van der Waals surface area contributed by atoms with Crippen LogP contribution in [0.2, 0.25) is 0 Å². The summed E-state index contributed by atoms with van der Waals surface area (Å²) in [6.45, 7) is 0.269. The zero-order valence-corrected chi connectivity index (χ0v) is 18.3. The molecule has 32 heavy (non-hydrogen) atoms. The Kier molecular flexibility index (Phi) is 5.14. The number of pyridine rings is 1. The third-order valence-electron chi connectivity index (χ3n) is 5.45. The van der Waals surface area contributed by atoms with Crippen LogP contribution < -0.4 is 9.47 Å². The van der Waals surface area contributed by atoms with Gasteiger partial charge in [0, 0.05) is 29.0 Å². The van der Waals surface area contributed by atoms with Gasteiger partial charge >= 0.3 is 0 Å². The average molecular weight is 493 g/mol. The maximum atomic E-state index is 13.1. The van der Waals surface area contributed by atoms with Gasteiger partial charge in [-0.05, 0) is 47.5 Å². The van der Waals surface area contributed by atoms with Crippen molar-refractivity contribution in [1.29, 1.82) is 0 Å². The molecule has 160 valence electrons. The number of likely N-dealkylation sites (tertiary alicyclic amines) is 1. The van der Waals surface area contributed by atoms with Crippen LogP contribution in [0.1, 0.15) is 22.7 Å². The summed E-state index contributed by atoms with van der Waals surface area (Å²) in [6.07, 6.45) is 3.29. The minimum atomic E-state index is -0.756. The van der Waals surface area contributed by atoms with E-state index in [0.29, 0.717) is 22.6 Å². The fourth-order valence-corrected chi connectivity index (χ4v) is 4.19. The van der Waals surface area contributed by atoms with Crippen molar-refractivity contribution >= 4 is 33.4 Å². The molecule has 0 aliphatic carbocycles. The van der Waals surface area contributed by atoms with E-state index in [9.17, 15) is 14.7 Å². The van der Waals surface area contributed by atoms with E-state index >= 15 is 0 Å². The Morgan fingerprint density at radius 1 is 1.09 bits per heavy atom. The van der Waals surface area contributed by atoms with Gasteiger partial charge in [-0.15, -0.1) is 0 Å². The molecule has 1 atom stereocenters. The topological polar surface area (TPSA) is 89.0 Å². The van der Waals surface area contributed by atoms with Gasteiger partial charge < -0.3 is 19.5 Å². The number of aliphatic hydroxyl groups excluding tert-OH is 1. The zero-order valence-electron chi connectivity index (χ0n) is 16.7. The van der Waals surface area contributed by atoms with Gasteiger partial charge in [0.1, 0.15) is 5.76 Å². The number of ketones is 1. The molecular formula is C24H17BrN2O5. The lowest BCUT2D eigenvalue weighted by atomic mass is 9.95. The maximum Gasteiger partial charge on any atom is 0.295 e. The second-order valence-electron chi connectivity index (χ2n) is 7.41. The first kappa shape index (κ1) is 20.3. The molecule has 5 rings (SSSR count). The van der Waals surface area contributed by atoms with Crippen LogP contribution in [0, 0.1) is 0 Å². The Bertz CT molecular complexity index is 1240. The third-order valence-corrected chi connectivity index (χ3v) is 5.98. The molecule has 1 unspecified atom stereocenters. The SMILES string of the molecule is O=C1C(=O)N(Cc2cccnc2)C(c2ccc(Br)cc2)C1=C(O)c1ccc2c(c1)OCO2. The van der Waals surface area contributed by atoms with E-state index < -0.39 is 17.7 Å². The van der Waals surface area contributed by atoms with Crippen LogP contribution in [0.3, 0.4) is 0 Å². The van der Waals surface area contributed by atoms with Gasteiger partial charge in [-0.3, -0.25) is 14.6 Å². The molecule has 3 heterocycles. The van der Waals surface area contributed by atoms with Crippen LogP contribution in [-0.2, 0) is 16.1 Å². The average Bonchev–Trinajstić information content (AvgIpc) is 3.38. The number of rotatable bonds is 4. The number of aliphatic hydroxyl groups is 1. The summed E-state index contributed by atoms with van der Waals surface area (Å²) < 4.78 is 11.6. The third kappa shape index (κ3) is 3.52. The summed E-state index contributed by atoms with van der Waals surface area (Å²) >= 11 is 3.41. The minimum absolute atomic E-state index is 0.0279. The Morgan fingerprint density at radius 3 is 2.62 bits per heavy atom. The number of carbonyl (C=O) groups is 2. The number of Topliss-reactive ketones (excluding diaryl/α,β-unsaturated/α-hetero) is 1. The lowest BCUT2D eigenvalue weighted by molar-refractivity contribution is -0.140. The molecule has 2 aliphatic rings. The quantitative estimate of drug-likeness (QED) is 0.333. The lowest BCUT2D eigenvalue weighted by Gasteiger charge is -2.25. The summed E-state index contributed by atoms with van der Waals surface area (Å²) in [4.78, 5) is 31.7. The number of benzene rings is 2. The highest BCUT2D eigenvalue weighted by molar-refractivity contribution is 9.10. The highest BCUT2D eigenvalue weighted by Gasteiger charge is 2.46. The number of hydrogen-bond donors (Lipinski definition) is 1. The highest BCUT2D eigenvalue weighted by Crippen LogP contribution is 2.42. The van der Waals surface area contributed by atoms with E-state index in [1.165, 1.54) is 4.90 Å². The number of nitrogens with zero attached hydrogens (tertiary/aromatic N) is 2. The van der Waals surface area contributed by atoms with E-state index in [0.717, 1.165) is 10.0 Å². The molecule has 2 aromatic carbocycles. The van der Waals surface area contributed by atoms with Crippen molar-refractivity contribution in [1.82, 2.24) is 9.88 Å². The van der Waals surface area contributed by atoms with Gasteiger partial charge in [0.05, 0.1) is 11.6 Å². The molecular weight excluding hydrogens is 476 g/mol. The molecule has 8 heteroatoms. The van der Waals surface area contributed by atoms with Crippen LogP contribution in [0.15, 0.2) is 77.0 Å². The highest BCUT2D eigenvalue weighted by atomic mass is 79.9. The molecule has 1 fully saturated rings. The van der Waals surface area contributed by atoms with Crippen LogP contribution in [-0.4, -0.2) is 33.5 Å². The summed E-state index contributed by atoms with van der Waals surface area (Å²) in [6, 6.07) is 15.1. The molecule has 3 aromatic rings. The van der Waals surface area contributed by atoms with Crippen molar-refractivity contribution in [2.45, 2.75) is 12.6 Å². The van der Waals surface area contributed by atoms with Crippen LogP contribution in [0.4, 0.5) is 0 Å². The van der Waals surface area contributed by atoms with Crippen LogP contribution >= 0.6 is 15.9 Å². The molecule has 0 radical (unpaired) electrons. The summed E-state index contributed by atoms with van der Waals surface area (Å²) in [5.41, 5.74) is 1.88. The second-order valence-corrected chi connectivity index (χ2v) is 8.32. The predicted octanol–water partition coefficient (Wildman–Crippen LogP) is 4.19. The summed E-state index contributed by atoms with van der Waals surface area (Å²) in [7, 11) is 0. The number of amides is 1. The van der Waals surface area contributed by atoms with E-state index in [1.54, 1.807) is 36.7 Å². The van der Waals surface area contributed by atoms with Crippen molar-refractivity contribution in [2.75, 3.05) is 6.79 Å². The lowest BCUT2D eigenvalue weighted by Crippen LogP contribution is -2.29. The number of carbonyl (C=O) groups excluding carboxylic acids is 2. The van der Waals surface area contributed by atoms with Gasteiger partial charge in [-0.25, -0.2) is 0 Å². The molecule has 0 saturated carbocycles. The molecule has 1 aromatic heterocycles. The van der Waals surface area contributed by atoms with E-state index in [2.05, 4.69) is 20.9 Å². The minimum Gasteiger partial charge on any atom is -0.507 e. The Hall–Kier alpha value is -3.65. The summed E-state index contributed by atoms with van der Waals surface area (Å²) in [5.74, 6) is -0.647. The first-order valence-electron chi connectivity index (χ1n) is 9.86. The number of ether oxygens (including phenoxy) is 2. The Labute approximate surface area is 192 Å². The van der Waals surface area contributed by atoms with Gasteiger partial charge in [-0.2, -0.15) is 0 Å². The van der Waals surface area contributed by atoms with Gasteiger partial charge in [-0.1, -0.05) is 34.1 Å². The molecule has 1 amide bonds. The first-order chi connectivity index (χ1) is 15.5. The predicted molar refractivity (Wildman–Crippen MR) is 119 cm³/mol. The van der Waals surface area contributed by atoms with E-state index in [1.807, 2.05) is 30.3 Å². The fourth-order valence-electron chi connectivity index (χ4n) is 3.92. The summed E-state index contributed by atoms with van der Waals surface area (Å²) in [5, 5.41) is 11.2. The van der Waals surface area contributed by atoms with Crippen LogP contribution in [0.25, 0.3) is 5.76 Å². The fraction of sp³-hybridized carbons (Fsp3) is 0.125. The van der Waals surface area contributed by atoms with Crippen molar-refractivity contribution in [3.63, 3.8) is 0 Å². The molecule has 2 aliphatic heterocycles. The van der Waals surface area contributed by atoms with E-state index in [-0.39, 0.29) is 24.7 Å². The molecule has 7 nitrogen and oxygen atoms in total. The Balaban J connectivity index is 1.64. The molecule has 1 saturated heterocycles. The number of aromatic nitrogens is 1. The smallest absolute Gasteiger partial charge is 0.295 e. The van der Waals surface area contributed by atoms with Crippen molar-refractivity contribution in [3.05, 3.63) is 93.7 Å². The standard InChI is InChI=1S/C24H17BrN2O5/c25-17-6-3-15(4-7-17)21-20(22(28)16-5-8-18-19(10-16)32-13-31-18)23(29)24(30)27(21)12-14-2-1-9-26-11-14/h1-11,21,28H,12-13H2. The van der Waals surface area contributed by atoms with Crippen LogP contribution in [0.5, 0.6) is 11.5 Å².